The van der Waals surface area contributed by atoms with E-state index in [9.17, 15) is 0 Å². The summed E-state index contributed by atoms with van der Waals surface area (Å²) in [6, 6.07) is 10.8. The number of hydrogen-bond donors (Lipinski definition) is 1. The molecule has 2 saturated heterocycles. The molecule has 0 unspecified atom stereocenters. The molecule has 8 heteroatoms. The summed E-state index contributed by atoms with van der Waals surface area (Å²) in [6.07, 6.45) is 0. The monoisotopic (exact) mass is 480 g/mol. The van der Waals surface area contributed by atoms with Gasteiger partial charge in [-0.2, -0.15) is 0 Å². The summed E-state index contributed by atoms with van der Waals surface area (Å²) in [5.41, 5.74) is 2.70. The van der Waals surface area contributed by atoms with E-state index >= 15 is 0 Å². The zero-order valence-corrected chi connectivity index (χ0v) is 21.2. The van der Waals surface area contributed by atoms with Crippen LogP contribution in [-0.4, -0.2) is 90.2 Å². The summed E-state index contributed by atoms with van der Waals surface area (Å²) >= 11 is 1.78. The van der Waals surface area contributed by atoms with E-state index in [0.29, 0.717) is 0 Å². The minimum Gasteiger partial charge on any atom is -0.379 e. The average Bonchev–Trinajstić information content (AvgIpc) is 3.14. The fourth-order valence-electron chi connectivity index (χ4n) is 4.80. The van der Waals surface area contributed by atoms with Gasteiger partial charge >= 0.3 is 0 Å². The normalized spacial score (nSPS) is 18.5. The lowest BCUT2D eigenvalue weighted by molar-refractivity contribution is 0.0331. The molecule has 1 N–H and O–H groups in total. The molecule has 2 aromatic heterocycles. The molecule has 2 fully saturated rings. The maximum atomic E-state index is 5.50. The van der Waals surface area contributed by atoms with Crippen molar-refractivity contribution in [2.75, 3.05) is 70.9 Å². The Hall–Kier alpha value is -2.10. The van der Waals surface area contributed by atoms with Crippen LogP contribution in [0.3, 0.4) is 0 Å². The number of aryl methyl sites for hydroxylation is 2. The average molecular weight is 481 g/mol. The van der Waals surface area contributed by atoms with Gasteiger partial charge in [0.05, 0.1) is 25.1 Å². The van der Waals surface area contributed by atoms with E-state index in [-0.39, 0.29) is 0 Å². The Morgan fingerprint density at radius 2 is 1.59 bits per heavy atom. The third-order valence-electron chi connectivity index (χ3n) is 6.98. The molecule has 5 rings (SSSR count). The van der Waals surface area contributed by atoms with E-state index in [2.05, 4.69) is 64.2 Å². The summed E-state index contributed by atoms with van der Waals surface area (Å²) in [5.74, 6) is 1.91. The number of benzene rings is 1. The topological polar surface area (TPSA) is 56.8 Å². The minimum atomic E-state index is 0.785. The van der Waals surface area contributed by atoms with Crippen molar-refractivity contribution in [3.63, 3.8) is 0 Å². The van der Waals surface area contributed by atoms with Crippen LogP contribution in [0, 0.1) is 13.8 Å². The number of aromatic nitrogens is 2. The van der Waals surface area contributed by atoms with Crippen LogP contribution in [-0.2, 0) is 17.8 Å². The van der Waals surface area contributed by atoms with E-state index in [1.807, 2.05) is 0 Å². The third-order valence-corrected chi connectivity index (χ3v) is 8.08. The first kappa shape index (κ1) is 23.6. The van der Waals surface area contributed by atoms with Crippen molar-refractivity contribution in [3.05, 3.63) is 52.2 Å². The van der Waals surface area contributed by atoms with Gasteiger partial charge in [-0.1, -0.05) is 30.3 Å². The van der Waals surface area contributed by atoms with Gasteiger partial charge in [0.1, 0.15) is 16.5 Å². The molecule has 7 nitrogen and oxygen atoms in total. The second kappa shape index (κ2) is 11.1. The SMILES string of the molecule is Cc1sc2nc(CN3CCOCC3)nc(NCCN3CCN(Cc4ccccc4)CC3)c2c1C. The Morgan fingerprint density at radius 1 is 0.882 bits per heavy atom. The summed E-state index contributed by atoms with van der Waals surface area (Å²) in [4.78, 5) is 19.8. The highest BCUT2D eigenvalue weighted by molar-refractivity contribution is 7.18. The van der Waals surface area contributed by atoms with Gasteiger partial charge in [0.15, 0.2) is 0 Å². The second-order valence-electron chi connectivity index (χ2n) is 9.37. The molecule has 2 aliphatic heterocycles. The molecule has 4 heterocycles. The number of hydrogen-bond acceptors (Lipinski definition) is 8. The van der Waals surface area contributed by atoms with Gasteiger partial charge < -0.3 is 10.1 Å². The zero-order valence-electron chi connectivity index (χ0n) is 20.4. The third kappa shape index (κ3) is 5.75. The summed E-state index contributed by atoms with van der Waals surface area (Å²) in [6.45, 7) is 16.1. The highest BCUT2D eigenvalue weighted by Crippen LogP contribution is 2.33. The molecule has 182 valence electrons. The molecule has 0 bridgehead atoms. The molecule has 34 heavy (non-hydrogen) atoms. The number of fused-ring (bicyclic) bond motifs is 1. The Labute approximate surface area is 206 Å². The Balaban J connectivity index is 1.18. The van der Waals surface area contributed by atoms with Crippen LogP contribution >= 0.6 is 11.3 Å². The van der Waals surface area contributed by atoms with E-state index in [1.165, 1.54) is 21.4 Å². The molecule has 0 spiro atoms. The first-order chi connectivity index (χ1) is 16.7. The maximum Gasteiger partial charge on any atom is 0.146 e. The zero-order chi connectivity index (χ0) is 23.3. The maximum absolute atomic E-state index is 5.50. The quantitative estimate of drug-likeness (QED) is 0.531. The van der Waals surface area contributed by atoms with E-state index in [1.54, 1.807) is 11.3 Å². The highest BCUT2D eigenvalue weighted by Gasteiger charge is 2.19. The number of morpholine rings is 1. The van der Waals surface area contributed by atoms with Gasteiger partial charge in [-0.15, -0.1) is 11.3 Å². The fraction of sp³-hybridized carbons (Fsp3) is 0.538. The Kier molecular flexibility index (Phi) is 7.71. The molecule has 0 saturated carbocycles. The molecule has 0 aliphatic carbocycles. The highest BCUT2D eigenvalue weighted by atomic mass is 32.1. The Morgan fingerprint density at radius 3 is 2.35 bits per heavy atom. The smallest absolute Gasteiger partial charge is 0.146 e. The molecule has 3 aromatic rings. The Bertz CT molecular complexity index is 1070. The van der Waals surface area contributed by atoms with Crippen molar-refractivity contribution in [2.24, 2.45) is 0 Å². The number of nitrogens with one attached hydrogen (secondary N) is 1. The number of anilines is 1. The molecule has 0 atom stereocenters. The van der Waals surface area contributed by atoms with Gasteiger partial charge in [-0.05, 0) is 25.0 Å². The van der Waals surface area contributed by atoms with Crippen molar-refractivity contribution >= 4 is 27.4 Å². The van der Waals surface area contributed by atoms with Gasteiger partial charge in [0.25, 0.3) is 0 Å². The van der Waals surface area contributed by atoms with E-state index in [4.69, 9.17) is 14.7 Å². The van der Waals surface area contributed by atoms with Gasteiger partial charge in [0.2, 0.25) is 0 Å². The lowest BCUT2D eigenvalue weighted by Gasteiger charge is -2.34. The van der Waals surface area contributed by atoms with Crippen molar-refractivity contribution in [1.82, 2.24) is 24.7 Å². The van der Waals surface area contributed by atoms with Crippen molar-refractivity contribution < 1.29 is 4.74 Å². The van der Waals surface area contributed by atoms with Crippen LogP contribution in [0.15, 0.2) is 30.3 Å². The summed E-state index contributed by atoms with van der Waals surface area (Å²) in [7, 11) is 0. The lowest BCUT2D eigenvalue weighted by Crippen LogP contribution is -2.47. The second-order valence-corrected chi connectivity index (χ2v) is 10.6. The number of ether oxygens (including phenoxy) is 1. The number of nitrogens with zero attached hydrogens (tertiary/aromatic N) is 5. The van der Waals surface area contributed by atoms with Crippen molar-refractivity contribution in [1.29, 1.82) is 0 Å². The van der Waals surface area contributed by atoms with Gasteiger partial charge in [-0.3, -0.25) is 14.7 Å². The first-order valence-electron chi connectivity index (χ1n) is 12.4. The number of piperazine rings is 1. The molecule has 0 amide bonds. The van der Waals surface area contributed by atoms with Gasteiger partial charge in [0, 0.05) is 63.8 Å². The first-order valence-corrected chi connectivity index (χ1v) is 13.3. The molecule has 1 aromatic carbocycles. The van der Waals surface area contributed by atoms with Crippen LogP contribution in [0.2, 0.25) is 0 Å². The van der Waals surface area contributed by atoms with Crippen LogP contribution in [0.25, 0.3) is 10.2 Å². The van der Waals surface area contributed by atoms with Crippen LogP contribution in [0.5, 0.6) is 0 Å². The predicted octanol–water partition coefficient (Wildman–Crippen LogP) is 3.37. The lowest BCUT2D eigenvalue weighted by atomic mass is 10.2. The number of rotatable bonds is 8. The van der Waals surface area contributed by atoms with Crippen LogP contribution < -0.4 is 5.32 Å². The predicted molar refractivity (Wildman–Crippen MR) is 140 cm³/mol. The van der Waals surface area contributed by atoms with E-state index < -0.39 is 0 Å². The summed E-state index contributed by atoms with van der Waals surface area (Å²) < 4.78 is 5.50. The van der Waals surface area contributed by atoms with E-state index in [0.717, 1.165) is 95.1 Å². The largest absolute Gasteiger partial charge is 0.379 e. The standard InChI is InChI=1S/C26H36N6OS/c1-20-21(2)34-26-24(20)25(28-23(29-26)19-32-14-16-33-17-15-32)27-8-9-30-10-12-31(13-11-30)18-22-6-4-3-5-7-22/h3-7H,8-19H2,1-2H3,(H,27,28,29). The van der Waals surface area contributed by atoms with Crippen molar-refractivity contribution in [3.8, 4) is 0 Å². The molecular weight excluding hydrogens is 444 g/mol. The fourth-order valence-corrected chi connectivity index (χ4v) is 5.84. The van der Waals surface area contributed by atoms with Crippen molar-refractivity contribution in [2.45, 2.75) is 26.9 Å². The van der Waals surface area contributed by atoms with Gasteiger partial charge in [-0.25, -0.2) is 9.97 Å². The molecular formula is C26H36N6OS. The van der Waals surface area contributed by atoms with Crippen LogP contribution in [0.1, 0.15) is 21.8 Å². The minimum absolute atomic E-state index is 0.785. The number of thiophene rings is 1. The molecule has 0 radical (unpaired) electrons. The summed E-state index contributed by atoms with van der Waals surface area (Å²) in [5, 5.41) is 4.87. The molecule has 2 aliphatic rings. The van der Waals surface area contributed by atoms with Crippen LogP contribution in [0.4, 0.5) is 5.82 Å².